The number of methoxy groups -OCH3 is 1. The maximum absolute atomic E-state index is 15.6. The Kier molecular flexibility index (Phi) is 5.60. The monoisotopic (exact) mass is 451 g/mol. The Balaban J connectivity index is 1.59. The van der Waals surface area contributed by atoms with Gasteiger partial charge < -0.3 is 24.4 Å². The minimum absolute atomic E-state index is 0.103. The van der Waals surface area contributed by atoms with Gasteiger partial charge in [0.05, 0.1) is 13.2 Å². The molecule has 3 saturated heterocycles. The molecule has 2 atom stereocenters. The van der Waals surface area contributed by atoms with Gasteiger partial charge in [0.25, 0.3) is 0 Å². The first-order valence-electron chi connectivity index (χ1n) is 12.0. The number of carboxylic acid groups (broad SMARTS) is 1. The Labute approximate surface area is 195 Å². The molecule has 4 aliphatic rings. The number of amides is 1. The van der Waals surface area contributed by atoms with Gasteiger partial charge in [-0.3, -0.25) is 0 Å². The van der Waals surface area contributed by atoms with E-state index in [9.17, 15) is 9.90 Å². The summed E-state index contributed by atoms with van der Waals surface area (Å²) in [6, 6.07) is 10.3. The summed E-state index contributed by atoms with van der Waals surface area (Å²) < 4.78 is 20.9. The van der Waals surface area contributed by atoms with Crippen molar-refractivity contribution < 1.29 is 19.0 Å². The first kappa shape index (κ1) is 22.2. The molecule has 1 amide bonds. The Morgan fingerprint density at radius 2 is 1.97 bits per heavy atom. The molecule has 0 N–H and O–H groups in total. The minimum Gasteiger partial charge on any atom is -0.530 e. The van der Waals surface area contributed by atoms with Crippen molar-refractivity contribution >= 4 is 6.09 Å². The Morgan fingerprint density at radius 3 is 2.61 bits per heavy atom. The van der Waals surface area contributed by atoms with Crippen molar-refractivity contribution in [3.05, 3.63) is 53.3 Å². The van der Waals surface area contributed by atoms with Gasteiger partial charge in [0.1, 0.15) is 17.7 Å². The lowest BCUT2D eigenvalue weighted by atomic mass is 9.68. The predicted octanol–water partition coefficient (Wildman–Crippen LogP) is 4.25. The quantitative estimate of drug-likeness (QED) is 0.697. The Hall–Kier alpha value is -2.60. The highest BCUT2D eigenvalue weighted by Crippen LogP contribution is 2.50. The largest absolute Gasteiger partial charge is 0.530 e. The molecule has 176 valence electrons. The van der Waals surface area contributed by atoms with Crippen LogP contribution in [-0.4, -0.2) is 48.7 Å². The fraction of sp³-hybridized carbons (Fsp3) is 0.519. The standard InChI is InChI=1S/C27H33FN2O3/c1-27(2)10-7-19-14-21(18-5-4-6-20(13-18)33-3)23(28)15-22(19)25(27)30(26(31)32)24-16-29-11-8-17(24)9-12-29/h4-6,13-15,17,24-25H,7-12,16H2,1-3H3,(H,31,32)/p-1/t24-,25+/m1/s1. The highest BCUT2D eigenvalue weighted by Gasteiger charge is 2.46. The summed E-state index contributed by atoms with van der Waals surface area (Å²) in [5.74, 6) is 0.681. The summed E-state index contributed by atoms with van der Waals surface area (Å²) in [4.78, 5) is 16.5. The molecule has 0 unspecified atom stereocenters. The number of nitrogens with zero attached hydrogens (tertiary/aromatic N) is 2. The van der Waals surface area contributed by atoms with Crippen LogP contribution in [0.3, 0.4) is 0 Å². The molecule has 2 bridgehead atoms. The molecular formula is C27H32FN2O3-. The van der Waals surface area contributed by atoms with Crippen LogP contribution in [0.4, 0.5) is 9.18 Å². The Bertz CT molecular complexity index is 1060. The number of benzene rings is 2. The average molecular weight is 452 g/mol. The maximum atomic E-state index is 15.6. The molecule has 33 heavy (non-hydrogen) atoms. The van der Waals surface area contributed by atoms with Crippen LogP contribution in [0.15, 0.2) is 36.4 Å². The molecule has 1 aliphatic carbocycles. The van der Waals surface area contributed by atoms with E-state index in [0.717, 1.165) is 62.0 Å². The van der Waals surface area contributed by atoms with E-state index >= 15 is 4.39 Å². The van der Waals surface area contributed by atoms with Crippen molar-refractivity contribution in [3.8, 4) is 16.9 Å². The number of piperidine rings is 3. The van der Waals surface area contributed by atoms with Gasteiger partial charge in [-0.2, -0.15) is 0 Å². The van der Waals surface area contributed by atoms with Crippen molar-refractivity contribution in [2.75, 3.05) is 26.7 Å². The van der Waals surface area contributed by atoms with Gasteiger partial charge in [0, 0.05) is 18.2 Å². The molecule has 2 aromatic rings. The fourth-order valence-electron chi connectivity index (χ4n) is 6.34. The third-order valence-corrected chi connectivity index (χ3v) is 8.15. The van der Waals surface area contributed by atoms with Crippen LogP contribution in [-0.2, 0) is 6.42 Å². The highest BCUT2D eigenvalue weighted by molar-refractivity contribution is 5.69. The van der Waals surface area contributed by atoms with Crippen LogP contribution in [0.25, 0.3) is 11.1 Å². The molecule has 0 spiro atoms. The summed E-state index contributed by atoms with van der Waals surface area (Å²) >= 11 is 0. The van der Waals surface area contributed by atoms with E-state index in [-0.39, 0.29) is 17.3 Å². The molecule has 0 aromatic heterocycles. The smallest absolute Gasteiger partial charge is 0.137 e. The van der Waals surface area contributed by atoms with Crippen LogP contribution in [0.2, 0.25) is 0 Å². The molecular weight excluding hydrogens is 419 g/mol. The van der Waals surface area contributed by atoms with Gasteiger partial charge in [0.2, 0.25) is 0 Å². The lowest BCUT2D eigenvalue weighted by Gasteiger charge is -2.56. The van der Waals surface area contributed by atoms with Gasteiger partial charge >= 0.3 is 0 Å². The zero-order valence-electron chi connectivity index (χ0n) is 19.6. The number of carbonyl (C=O) groups is 1. The number of halogens is 1. The third-order valence-electron chi connectivity index (χ3n) is 8.15. The lowest BCUT2D eigenvalue weighted by Crippen LogP contribution is -2.63. The molecule has 3 heterocycles. The number of rotatable bonds is 4. The van der Waals surface area contributed by atoms with Crippen LogP contribution in [0, 0.1) is 17.2 Å². The normalized spacial score (nSPS) is 27.6. The van der Waals surface area contributed by atoms with E-state index < -0.39 is 12.1 Å². The number of carbonyl (C=O) groups excluding carboxylic acids is 1. The van der Waals surface area contributed by atoms with Crippen molar-refractivity contribution in [3.63, 3.8) is 0 Å². The van der Waals surface area contributed by atoms with Gasteiger partial charge in [-0.05, 0) is 91.1 Å². The second-order valence-corrected chi connectivity index (χ2v) is 10.5. The molecule has 0 radical (unpaired) electrons. The molecule has 6 rings (SSSR count). The number of ether oxygens (including phenoxy) is 1. The molecule has 3 aliphatic heterocycles. The average Bonchev–Trinajstić information content (AvgIpc) is 2.81. The Morgan fingerprint density at radius 1 is 1.21 bits per heavy atom. The van der Waals surface area contributed by atoms with E-state index in [1.165, 1.54) is 0 Å². The van der Waals surface area contributed by atoms with Crippen molar-refractivity contribution in [1.82, 2.24) is 9.80 Å². The fourth-order valence-corrected chi connectivity index (χ4v) is 6.34. The second-order valence-electron chi connectivity index (χ2n) is 10.5. The summed E-state index contributed by atoms with van der Waals surface area (Å²) in [5.41, 5.74) is 2.77. The third kappa shape index (κ3) is 3.88. The lowest BCUT2D eigenvalue weighted by molar-refractivity contribution is -0.277. The van der Waals surface area contributed by atoms with Crippen LogP contribution >= 0.6 is 0 Å². The van der Waals surface area contributed by atoms with Gasteiger partial charge in [-0.15, -0.1) is 0 Å². The minimum atomic E-state index is -1.14. The molecule has 2 aromatic carbocycles. The maximum Gasteiger partial charge on any atom is 0.137 e. The van der Waals surface area contributed by atoms with Crippen LogP contribution < -0.4 is 9.84 Å². The SMILES string of the molecule is COc1cccc(-c2cc3c(cc2F)[C@H](N(C(=O)[O-])[C@@H]2CN4CCC2CC4)C(C)(C)CC3)c1. The highest BCUT2D eigenvalue weighted by atomic mass is 19.1. The van der Waals surface area contributed by atoms with E-state index in [4.69, 9.17) is 4.74 Å². The summed E-state index contributed by atoms with van der Waals surface area (Å²) in [6.07, 6.45) is 2.50. The topological polar surface area (TPSA) is 55.8 Å². The summed E-state index contributed by atoms with van der Waals surface area (Å²) in [5, 5.41) is 12.6. The zero-order chi connectivity index (χ0) is 23.3. The van der Waals surface area contributed by atoms with Gasteiger partial charge in [-0.25, -0.2) is 4.39 Å². The van der Waals surface area contributed by atoms with Crippen LogP contribution in [0.5, 0.6) is 5.75 Å². The van der Waals surface area contributed by atoms with Crippen molar-refractivity contribution in [1.29, 1.82) is 0 Å². The summed E-state index contributed by atoms with van der Waals surface area (Å²) in [7, 11) is 1.60. The van der Waals surface area contributed by atoms with E-state index in [2.05, 4.69) is 18.7 Å². The van der Waals surface area contributed by atoms with E-state index in [1.54, 1.807) is 18.1 Å². The van der Waals surface area contributed by atoms with Crippen molar-refractivity contribution in [2.24, 2.45) is 11.3 Å². The predicted molar refractivity (Wildman–Crippen MR) is 123 cm³/mol. The van der Waals surface area contributed by atoms with Crippen molar-refractivity contribution in [2.45, 2.75) is 51.6 Å². The molecule has 0 saturated carbocycles. The molecule has 6 heteroatoms. The van der Waals surface area contributed by atoms with E-state index in [0.29, 0.717) is 17.2 Å². The second kappa shape index (κ2) is 8.32. The first-order valence-corrected chi connectivity index (χ1v) is 12.0. The number of aryl methyl sites for hydroxylation is 1. The van der Waals surface area contributed by atoms with Crippen LogP contribution in [0.1, 0.15) is 50.3 Å². The number of hydrogen-bond acceptors (Lipinski definition) is 4. The number of fused-ring (bicyclic) bond motifs is 4. The molecule has 5 nitrogen and oxygen atoms in total. The first-order chi connectivity index (χ1) is 15.8. The zero-order valence-corrected chi connectivity index (χ0v) is 19.6. The number of hydrogen-bond donors (Lipinski definition) is 0. The van der Waals surface area contributed by atoms with Gasteiger partial charge in [0.15, 0.2) is 0 Å². The van der Waals surface area contributed by atoms with E-state index in [1.807, 2.05) is 30.3 Å². The van der Waals surface area contributed by atoms with Gasteiger partial charge in [-0.1, -0.05) is 26.0 Å². The molecule has 3 fully saturated rings. The summed E-state index contributed by atoms with van der Waals surface area (Å²) in [6.45, 7) is 7.01.